The first kappa shape index (κ1) is 34.7. The summed E-state index contributed by atoms with van der Waals surface area (Å²) in [7, 11) is 0. The Bertz CT molecular complexity index is 946. The van der Waals surface area contributed by atoms with Gasteiger partial charge in [-0.1, -0.05) is 60.7 Å². The maximum absolute atomic E-state index is 11.9. The second kappa shape index (κ2) is 23.1. The van der Waals surface area contributed by atoms with E-state index < -0.39 is 23.5 Å². The zero-order valence-electron chi connectivity index (χ0n) is 23.6. The number of rotatable bonds is 25. The number of ether oxygens (including phenoxy) is 8. The summed E-state index contributed by atoms with van der Waals surface area (Å²) in [5, 5.41) is 0. The Morgan fingerprint density at radius 1 is 0.357 bits per heavy atom. The van der Waals surface area contributed by atoms with Crippen molar-refractivity contribution in [1.29, 1.82) is 0 Å². The van der Waals surface area contributed by atoms with E-state index in [1.807, 2.05) is 0 Å². The molecule has 0 fully saturated rings. The average Bonchev–Trinajstić information content (AvgIpc) is 3.03. The van der Waals surface area contributed by atoms with Crippen LogP contribution in [0.25, 0.3) is 0 Å². The van der Waals surface area contributed by atoms with Gasteiger partial charge in [0.1, 0.15) is 13.2 Å². The summed E-state index contributed by atoms with van der Waals surface area (Å²) >= 11 is 0. The van der Waals surface area contributed by atoms with Crippen molar-refractivity contribution < 1.29 is 57.1 Å². The number of carbonyl (C=O) groups is 4. The van der Waals surface area contributed by atoms with Crippen molar-refractivity contribution in [3.05, 3.63) is 71.8 Å². The zero-order chi connectivity index (χ0) is 30.1. The number of hydrogen-bond acceptors (Lipinski definition) is 12. The lowest BCUT2D eigenvalue weighted by Gasteiger charge is -2.08. The van der Waals surface area contributed by atoms with E-state index in [2.05, 4.69) is 0 Å². The number of benzene rings is 2. The molecule has 0 aliphatic heterocycles. The van der Waals surface area contributed by atoms with Gasteiger partial charge in [-0.15, -0.1) is 0 Å². The number of Topliss-reactive ketones (excluding diaryl/α,β-unsaturated/α-hetero) is 2. The zero-order valence-corrected chi connectivity index (χ0v) is 23.6. The molecule has 0 saturated heterocycles. The highest BCUT2D eigenvalue weighted by atomic mass is 16.6. The van der Waals surface area contributed by atoms with Crippen LogP contribution in [0.4, 0.5) is 0 Å². The predicted octanol–water partition coefficient (Wildman–Crippen LogP) is 1.94. The van der Waals surface area contributed by atoms with E-state index in [4.69, 9.17) is 37.9 Å². The van der Waals surface area contributed by atoms with Crippen molar-refractivity contribution in [1.82, 2.24) is 0 Å². The molecule has 12 heteroatoms. The molecule has 0 radical (unpaired) electrons. The highest BCUT2D eigenvalue weighted by molar-refractivity contribution is 6.41. The lowest BCUT2D eigenvalue weighted by atomic mass is 10.1. The van der Waals surface area contributed by atoms with E-state index in [1.165, 1.54) is 0 Å². The Balaban J connectivity index is 1.25. The van der Waals surface area contributed by atoms with Crippen molar-refractivity contribution in [2.75, 3.05) is 92.5 Å². The molecule has 0 spiro atoms. The summed E-state index contributed by atoms with van der Waals surface area (Å²) in [6.07, 6.45) is 0. The third-order valence-corrected chi connectivity index (χ3v) is 5.22. The molecule has 0 amide bonds. The molecule has 0 heterocycles. The SMILES string of the molecule is O=C(OCCOCCOCCOCCOCCOCCOCCOC(=O)C(=O)c1ccccc1)C(=O)c1ccccc1. The number of esters is 2. The van der Waals surface area contributed by atoms with Gasteiger partial charge in [-0.25, -0.2) is 9.59 Å². The van der Waals surface area contributed by atoms with E-state index in [1.54, 1.807) is 60.7 Å². The fourth-order valence-electron chi connectivity index (χ4n) is 3.13. The Morgan fingerprint density at radius 2 is 0.595 bits per heavy atom. The fourth-order valence-corrected chi connectivity index (χ4v) is 3.13. The van der Waals surface area contributed by atoms with Gasteiger partial charge in [-0.3, -0.25) is 9.59 Å². The van der Waals surface area contributed by atoms with Crippen LogP contribution in [0, 0.1) is 0 Å². The second-order valence-electron chi connectivity index (χ2n) is 8.34. The highest BCUT2D eigenvalue weighted by Gasteiger charge is 2.18. The van der Waals surface area contributed by atoms with Gasteiger partial charge in [0.25, 0.3) is 11.6 Å². The molecule has 42 heavy (non-hydrogen) atoms. The normalized spacial score (nSPS) is 10.8. The third kappa shape index (κ3) is 16.1. The maximum Gasteiger partial charge on any atom is 0.379 e. The molecular formula is C30H38O12. The smallest absolute Gasteiger partial charge is 0.379 e. The Morgan fingerprint density at radius 3 is 0.857 bits per heavy atom. The van der Waals surface area contributed by atoms with Crippen molar-refractivity contribution in [2.24, 2.45) is 0 Å². The molecule has 0 unspecified atom stereocenters. The molecule has 0 N–H and O–H groups in total. The first-order valence-corrected chi connectivity index (χ1v) is 13.6. The Labute approximate surface area is 245 Å². The molecule has 2 rings (SSSR count). The van der Waals surface area contributed by atoms with E-state index in [0.717, 1.165) is 0 Å². The van der Waals surface area contributed by atoms with Gasteiger partial charge >= 0.3 is 11.9 Å². The van der Waals surface area contributed by atoms with E-state index in [-0.39, 0.29) is 37.6 Å². The van der Waals surface area contributed by atoms with Gasteiger partial charge in [0, 0.05) is 11.1 Å². The lowest BCUT2D eigenvalue weighted by Crippen LogP contribution is -2.20. The second-order valence-corrected chi connectivity index (χ2v) is 8.34. The van der Waals surface area contributed by atoms with Crippen LogP contribution >= 0.6 is 0 Å². The summed E-state index contributed by atoms with van der Waals surface area (Å²) < 4.78 is 42.0. The molecule has 0 aliphatic rings. The van der Waals surface area contributed by atoms with E-state index in [9.17, 15) is 19.2 Å². The number of carbonyl (C=O) groups excluding carboxylic acids is 4. The minimum Gasteiger partial charge on any atom is -0.457 e. The van der Waals surface area contributed by atoms with Gasteiger partial charge in [0.05, 0.1) is 79.3 Å². The van der Waals surface area contributed by atoms with Gasteiger partial charge in [-0.05, 0) is 0 Å². The molecular weight excluding hydrogens is 552 g/mol. The molecule has 0 aromatic heterocycles. The minimum atomic E-state index is -0.909. The summed E-state index contributed by atoms with van der Waals surface area (Å²) in [6.45, 7) is 4.11. The van der Waals surface area contributed by atoms with Crippen molar-refractivity contribution in [2.45, 2.75) is 0 Å². The van der Waals surface area contributed by atoms with Gasteiger partial charge in [0.15, 0.2) is 0 Å². The van der Waals surface area contributed by atoms with Crippen molar-refractivity contribution in [3.63, 3.8) is 0 Å². The molecule has 0 aliphatic carbocycles. The quantitative estimate of drug-likeness (QED) is 0.0722. The van der Waals surface area contributed by atoms with Gasteiger partial charge in [-0.2, -0.15) is 0 Å². The van der Waals surface area contributed by atoms with Crippen LogP contribution in [0.3, 0.4) is 0 Å². The topological polar surface area (TPSA) is 142 Å². The van der Waals surface area contributed by atoms with Crippen LogP contribution in [0.5, 0.6) is 0 Å². The third-order valence-electron chi connectivity index (χ3n) is 5.22. The Hall–Kier alpha value is -3.52. The van der Waals surface area contributed by atoms with Crippen LogP contribution in [-0.4, -0.2) is 116 Å². The maximum atomic E-state index is 11.9. The molecule has 0 saturated carbocycles. The van der Waals surface area contributed by atoms with Gasteiger partial charge < -0.3 is 37.9 Å². The molecule has 12 nitrogen and oxygen atoms in total. The average molecular weight is 591 g/mol. The first-order valence-electron chi connectivity index (χ1n) is 13.6. The van der Waals surface area contributed by atoms with Crippen molar-refractivity contribution >= 4 is 23.5 Å². The van der Waals surface area contributed by atoms with Crippen LogP contribution in [-0.2, 0) is 47.5 Å². The number of hydrogen-bond donors (Lipinski definition) is 0. The monoisotopic (exact) mass is 590 g/mol. The van der Waals surface area contributed by atoms with Crippen molar-refractivity contribution in [3.8, 4) is 0 Å². The van der Waals surface area contributed by atoms with Crippen LogP contribution < -0.4 is 0 Å². The first-order chi connectivity index (χ1) is 20.6. The highest BCUT2D eigenvalue weighted by Crippen LogP contribution is 2.02. The summed E-state index contributed by atoms with van der Waals surface area (Å²) in [5.41, 5.74) is 0.571. The number of ketones is 2. The fraction of sp³-hybridized carbons (Fsp3) is 0.467. The minimum absolute atomic E-state index is 0.0160. The largest absolute Gasteiger partial charge is 0.457 e. The van der Waals surface area contributed by atoms with Crippen LogP contribution in [0.1, 0.15) is 20.7 Å². The summed E-state index contributed by atoms with van der Waals surface area (Å²) in [6, 6.07) is 16.4. The standard InChI is InChI=1S/C30H38O12/c31-27(25-7-3-1-4-8-25)29(33)41-23-21-39-19-17-37-15-13-35-11-12-36-14-16-38-18-20-40-22-24-42-30(34)28(32)26-9-5-2-6-10-26/h1-10H,11-24H2. The summed E-state index contributed by atoms with van der Waals surface area (Å²) in [4.78, 5) is 47.1. The predicted molar refractivity (Wildman–Crippen MR) is 148 cm³/mol. The van der Waals surface area contributed by atoms with Crippen LogP contribution in [0.15, 0.2) is 60.7 Å². The molecule has 0 bridgehead atoms. The molecule has 2 aromatic carbocycles. The van der Waals surface area contributed by atoms with E-state index in [0.29, 0.717) is 66.1 Å². The molecule has 230 valence electrons. The molecule has 0 atom stereocenters. The van der Waals surface area contributed by atoms with E-state index >= 15 is 0 Å². The summed E-state index contributed by atoms with van der Waals surface area (Å²) in [5.74, 6) is -3.19. The molecule has 2 aromatic rings. The Kier molecular flexibility index (Phi) is 19.1. The van der Waals surface area contributed by atoms with Gasteiger partial charge in [0.2, 0.25) is 0 Å². The van der Waals surface area contributed by atoms with Crippen LogP contribution in [0.2, 0.25) is 0 Å². The lowest BCUT2D eigenvalue weighted by molar-refractivity contribution is -0.140.